The molecule has 0 spiro atoms. The van der Waals surface area contributed by atoms with Gasteiger partial charge in [-0.3, -0.25) is 9.59 Å². The molecule has 5 rings (SSSR count). The molecule has 1 aliphatic carbocycles. The van der Waals surface area contributed by atoms with Gasteiger partial charge < -0.3 is 10.2 Å². The first-order valence-electron chi connectivity index (χ1n) is 10.9. The van der Waals surface area contributed by atoms with Gasteiger partial charge in [0.2, 0.25) is 5.82 Å². The van der Waals surface area contributed by atoms with Crippen molar-refractivity contribution in [1.82, 2.24) is 25.0 Å². The van der Waals surface area contributed by atoms with E-state index >= 15 is 0 Å². The normalized spacial score (nSPS) is 13.0. The van der Waals surface area contributed by atoms with Crippen LogP contribution in [0.15, 0.2) is 66.0 Å². The molecule has 0 unspecified atom stereocenters. The van der Waals surface area contributed by atoms with E-state index in [0.29, 0.717) is 23.6 Å². The molecule has 9 heteroatoms. The number of carbonyl (C=O) groups is 2. The molecule has 0 atom stereocenters. The summed E-state index contributed by atoms with van der Waals surface area (Å²) in [4.78, 5) is 32.5. The molecule has 0 radical (unpaired) electrons. The Kier molecular flexibility index (Phi) is 5.93. The first-order valence-corrected chi connectivity index (χ1v) is 11.8. The van der Waals surface area contributed by atoms with Gasteiger partial charge in [-0.1, -0.05) is 24.3 Å². The maximum absolute atomic E-state index is 13.9. The molecule has 1 aliphatic rings. The monoisotopic (exact) mass is 475 g/mol. The van der Waals surface area contributed by atoms with Gasteiger partial charge in [-0.05, 0) is 60.2 Å². The standard InChI is InChI=1S/C25H22FN5O2S/c1-27-24(32)17-9-7-16(8-10-17)15-30(19-11-12-19)25(33)22-28-23(21-6-3-13-34-21)31(29-22)20-5-2-4-18(26)14-20/h2-10,13-14,19H,11-12,15H2,1H3,(H,27,32). The van der Waals surface area contributed by atoms with E-state index in [0.717, 1.165) is 23.3 Å². The number of amides is 2. The van der Waals surface area contributed by atoms with E-state index in [-0.39, 0.29) is 23.7 Å². The van der Waals surface area contributed by atoms with Crippen LogP contribution in [0, 0.1) is 5.82 Å². The van der Waals surface area contributed by atoms with E-state index < -0.39 is 5.82 Å². The van der Waals surface area contributed by atoms with E-state index in [1.165, 1.54) is 28.2 Å². The topological polar surface area (TPSA) is 80.1 Å². The van der Waals surface area contributed by atoms with Crippen LogP contribution < -0.4 is 5.32 Å². The molecule has 34 heavy (non-hydrogen) atoms. The number of nitrogens with zero attached hydrogens (tertiary/aromatic N) is 4. The van der Waals surface area contributed by atoms with Crippen LogP contribution in [0.1, 0.15) is 39.4 Å². The maximum atomic E-state index is 13.9. The lowest BCUT2D eigenvalue weighted by atomic mass is 10.1. The smallest absolute Gasteiger partial charge is 0.294 e. The van der Waals surface area contributed by atoms with Crippen molar-refractivity contribution in [2.24, 2.45) is 0 Å². The van der Waals surface area contributed by atoms with Crippen molar-refractivity contribution in [2.45, 2.75) is 25.4 Å². The van der Waals surface area contributed by atoms with Gasteiger partial charge in [-0.2, -0.15) is 0 Å². The van der Waals surface area contributed by atoms with Crippen molar-refractivity contribution in [3.63, 3.8) is 0 Å². The van der Waals surface area contributed by atoms with Crippen molar-refractivity contribution >= 4 is 23.2 Å². The Morgan fingerprint density at radius 3 is 2.59 bits per heavy atom. The summed E-state index contributed by atoms with van der Waals surface area (Å²) in [6.07, 6.45) is 1.84. The van der Waals surface area contributed by atoms with Gasteiger partial charge in [0, 0.05) is 25.2 Å². The summed E-state index contributed by atoms with van der Waals surface area (Å²) < 4.78 is 15.4. The predicted octanol–water partition coefficient (Wildman–Crippen LogP) is 4.30. The Morgan fingerprint density at radius 1 is 1.15 bits per heavy atom. The third kappa shape index (κ3) is 4.47. The Labute approximate surface area is 199 Å². The Balaban J connectivity index is 1.46. The molecule has 1 saturated carbocycles. The third-order valence-electron chi connectivity index (χ3n) is 5.64. The van der Waals surface area contributed by atoms with Gasteiger partial charge in [-0.25, -0.2) is 14.1 Å². The fraction of sp³-hybridized carbons (Fsp3) is 0.200. The highest BCUT2D eigenvalue weighted by atomic mass is 32.1. The Morgan fingerprint density at radius 2 is 1.94 bits per heavy atom. The Bertz CT molecular complexity index is 1330. The van der Waals surface area contributed by atoms with Crippen LogP contribution in [-0.2, 0) is 6.54 Å². The molecule has 2 aromatic heterocycles. The van der Waals surface area contributed by atoms with Crippen molar-refractivity contribution < 1.29 is 14.0 Å². The van der Waals surface area contributed by atoms with Crippen LogP contribution in [0.2, 0.25) is 0 Å². The van der Waals surface area contributed by atoms with Crippen molar-refractivity contribution in [2.75, 3.05) is 7.05 Å². The molecule has 1 fully saturated rings. The number of thiophene rings is 1. The molecule has 1 N–H and O–H groups in total. The summed E-state index contributed by atoms with van der Waals surface area (Å²) in [5.41, 5.74) is 1.97. The fourth-order valence-electron chi connectivity index (χ4n) is 3.74. The Hall–Kier alpha value is -3.85. The number of halogens is 1. The van der Waals surface area contributed by atoms with Crippen LogP contribution in [0.4, 0.5) is 4.39 Å². The molecule has 7 nitrogen and oxygen atoms in total. The molecule has 2 amide bonds. The van der Waals surface area contributed by atoms with Crippen molar-refractivity contribution in [3.05, 3.63) is 88.8 Å². The SMILES string of the molecule is CNC(=O)c1ccc(CN(C(=O)c2nc(-c3cccs3)n(-c3cccc(F)c3)n2)C2CC2)cc1. The number of aromatic nitrogens is 3. The number of benzene rings is 2. The molecule has 0 bridgehead atoms. The predicted molar refractivity (Wildman–Crippen MR) is 127 cm³/mol. The lowest BCUT2D eigenvalue weighted by Gasteiger charge is -2.21. The summed E-state index contributed by atoms with van der Waals surface area (Å²) in [5, 5.41) is 9.02. The van der Waals surface area contributed by atoms with Gasteiger partial charge in [-0.15, -0.1) is 16.4 Å². The maximum Gasteiger partial charge on any atom is 0.294 e. The average Bonchev–Trinajstić information content (AvgIpc) is 3.36. The first-order chi connectivity index (χ1) is 16.5. The van der Waals surface area contributed by atoms with Crippen LogP contribution in [0.25, 0.3) is 16.4 Å². The lowest BCUT2D eigenvalue weighted by Crippen LogP contribution is -2.33. The van der Waals surface area contributed by atoms with Crippen molar-refractivity contribution in [1.29, 1.82) is 0 Å². The minimum Gasteiger partial charge on any atom is -0.355 e. The number of rotatable bonds is 7. The highest BCUT2D eigenvalue weighted by Crippen LogP contribution is 2.31. The van der Waals surface area contributed by atoms with Gasteiger partial charge >= 0.3 is 0 Å². The first kappa shape index (κ1) is 22.0. The fourth-order valence-corrected chi connectivity index (χ4v) is 4.44. The zero-order valence-electron chi connectivity index (χ0n) is 18.4. The summed E-state index contributed by atoms with van der Waals surface area (Å²) in [6.45, 7) is 0.389. The number of hydrogen-bond donors (Lipinski definition) is 1. The second kappa shape index (κ2) is 9.18. The van der Waals surface area contributed by atoms with Gasteiger partial charge in [0.1, 0.15) is 5.82 Å². The second-order valence-electron chi connectivity index (χ2n) is 8.07. The van der Waals surface area contributed by atoms with Crippen LogP contribution in [0.5, 0.6) is 0 Å². The van der Waals surface area contributed by atoms with Crippen LogP contribution in [0.3, 0.4) is 0 Å². The zero-order valence-corrected chi connectivity index (χ0v) is 19.3. The van der Waals surface area contributed by atoms with E-state index in [1.54, 1.807) is 36.2 Å². The highest BCUT2D eigenvalue weighted by molar-refractivity contribution is 7.13. The molecular formula is C25H22FN5O2S. The average molecular weight is 476 g/mol. The summed E-state index contributed by atoms with van der Waals surface area (Å²) >= 11 is 1.47. The van der Waals surface area contributed by atoms with E-state index in [2.05, 4.69) is 15.4 Å². The van der Waals surface area contributed by atoms with Crippen molar-refractivity contribution in [3.8, 4) is 16.4 Å². The van der Waals surface area contributed by atoms with E-state index in [9.17, 15) is 14.0 Å². The van der Waals surface area contributed by atoms with E-state index in [4.69, 9.17) is 0 Å². The highest BCUT2D eigenvalue weighted by Gasteiger charge is 2.35. The van der Waals surface area contributed by atoms with Gasteiger partial charge in [0.05, 0.1) is 10.6 Å². The quantitative estimate of drug-likeness (QED) is 0.432. The molecular weight excluding hydrogens is 453 g/mol. The molecule has 172 valence electrons. The van der Waals surface area contributed by atoms with E-state index in [1.807, 2.05) is 29.6 Å². The molecule has 4 aromatic rings. The van der Waals surface area contributed by atoms with Gasteiger partial charge in [0.15, 0.2) is 5.82 Å². The summed E-state index contributed by atoms with van der Waals surface area (Å²) in [5.74, 6) is -0.255. The summed E-state index contributed by atoms with van der Waals surface area (Å²) in [6, 6.07) is 17.2. The minimum absolute atomic E-state index is 0.0709. The lowest BCUT2D eigenvalue weighted by molar-refractivity contribution is 0.0717. The minimum atomic E-state index is -0.391. The van der Waals surface area contributed by atoms with Crippen LogP contribution in [-0.4, -0.2) is 44.6 Å². The molecule has 2 aromatic carbocycles. The largest absolute Gasteiger partial charge is 0.355 e. The molecule has 2 heterocycles. The van der Waals surface area contributed by atoms with Crippen LogP contribution >= 0.6 is 11.3 Å². The zero-order chi connectivity index (χ0) is 23.7. The number of hydrogen-bond acceptors (Lipinski definition) is 5. The second-order valence-corrected chi connectivity index (χ2v) is 9.02. The number of nitrogens with one attached hydrogen (secondary N) is 1. The van der Waals surface area contributed by atoms with Gasteiger partial charge in [0.25, 0.3) is 11.8 Å². The third-order valence-corrected chi connectivity index (χ3v) is 6.50. The number of carbonyl (C=O) groups excluding carboxylic acids is 2. The summed E-state index contributed by atoms with van der Waals surface area (Å²) in [7, 11) is 1.59. The molecule has 0 aliphatic heterocycles. The molecule has 0 saturated heterocycles.